The zero-order chi connectivity index (χ0) is 21.9. The molecule has 1 aliphatic heterocycles. The van der Waals surface area contributed by atoms with Crippen LogP contribution in [0.15, 0.2) is 24.4 Å². The van der Waals surface area contributed by atoms with Crippen LogP contribution in [0.5, 0.6) is 5.88 Å². The van der Waals surface area contributed by atoms with Gasteiger partial charge in [-0.2, -0.15) is 0 Å². The number of rotatable bonds is 5. The standard InChI is InChI=1S/C21H29N3O6/c1-21(2,3)30-20(27)23-12-5-7-15(29-11-12)19(26)18(25)13-9-10-22-14-6-8-16(28-4)24-17(13)14/h6,8-10,12,15,18-19,25-26H,5,7,11H2,1-4H3,(H,23,27)/t12-,15+,18+,19-/m1/s1. The van der Waals surface area contributed by atoms with Crippen LogP contribution < -0.4 is 10.1 Å². The molecule has 30 heavy (non-hydrogen) atoms. The smallest absolute Gasteiger partial charge is 0.407 e. The minimum Gasteiger partial charge on any atom is -0.481 e. The number of fused-ring (bicyclic) bond motifs is 1. The van der Waals surface area contributed by atoms with Crippen LogP contribution in [0.2, 0.25) is 0 Å². The molecule has 0 saturated carbocycles. The van der Waals surface area contributed by atoms with Gasteiger partial charge in [0.15, 0.2) is 0 Å². The summed E-state index contributed by atoms with van der Waals surface area (Å²) in [7, 11) is 1.51. The van der Waals surface area contributed by atoms with E-state index in [0.717, 1.165) is 0 Å². The number of nitrogens with one attached hydrogen (secondary N) is 1. The molecule has 0 spiro atoms. The van der Waals surface area contributed by atoms with E-state index in [-0.39, 0.29) is 12.6 Å². The number of aliphatic hydroxyl groups is 2. The Morgan fingerprint density at radius 1 is 1.27 bits per heavy atom. The topological polar surface area (TPSA) is 123 Å². The molecule has 9 nitrogen and oxygen atoms in total. The predicted molar refractivity (Wildman–Crippen MR) is 109 cm³/mol. The fraction of sp³-hybridized carbons (Fsp3) is 0.571. The van der Waals surface area contributed by atoms with E-state index in [1.807, 2.05) is 0 Å². The van der Waals surface area contributed by atoms with E-state index < -0.39 is 30.0 Å². The minimum absolute atomic E-state index is 0.215. The van der Waals surface area contributed by atoms with Gasteiger partial charge >= 0.3 is 6.09 Å². The highest BCUT2D eigenvalue weighted by Crippen LogP contribution is 2.29. The van der Waals surface area contributed by atoms with Crippen molar-refractivity contribution in [2.75, 3.05) is 13.7 Å². The summed E-state index contributed by atoms with van der Waals surface area (Å²) in [4.78, 5) is 20.5. The van der Waals surface area contributed by atoms with E-state index in [2.05, 4.69) is 15.3 Å². The Morgan fingerprint density at radius 3 is 2.67 bits per heavy atom. The Kier molecular flexibility index (Phi) is 6.74. The van der Waals surface area contributed by atoms with Crippen molar-refractivity contribution < 1.29 is 29.2 Å². The summed E-state index contributed by atoms with van der Waals surface area (Å²) >= 11 is 0. The van der Waals surface area contributed by atoms with Gasteiger partial charge in [-0.3, -0.25) is 4.98 Å². The molecule has 3 heterocycles. The number of aliphatic hydroxyl groups excluding tert-OH is 2. The molecule has 0 aliphatic carbocycles. The average molecular weight is 419 g/mol. The maximum absolute atomic E-state index is 11.9. The Morgan fingerprint density at radius 2 is 2.03 bits per heavy atom. The van der Waals surface area contributed by atoms with Gasteiger partial charge in [0.2, 0.25) is 5.88 Å². The average Bonchev–Trinajstić information content (AvgIpc) is 2.71. The van der Waals surface area contributed by atoms with E-state index in [9.17, 15) is 15.0 Å². The number of ether oxygens (including phenoxy) is 3. The number of alkyl carbamates (subject to hydrolysis) is 1. The van der Waals surface area contributed by atoms with Crippen molar-refractivity contribution in [2.45, 2.75) is 63.6 Å². The molecule has 1 amide bonds. The Bertz CT molecular complexity index is 877. The molecule has 2 aromatic heterocycles. The van der Waals surface area contributed by atoms with Gasteiger partial charge in [0.05, 0.1) is 36.9 Å². The van der Waals surface area contributed by atoms with E-state index in [1.54, 1.807) is 45.2 Å². The normalized spacial score (nSPS) is 21.7. The molecule has 3 N–H and O–H groups in total. The summed E-state index contributed by atoms with van der Waals surface area (Å²) in [5.41, 5.74) is 0.922. The van der Waals surface area contributed by atoms with Crippen molar-refractivity contribution in [2.24, 2.45) is 0 Å². The minimum atomic E-state index is -1.21. The molecule has 4 atom stereocenters. The third-order valence-corrected chi connectivity index (χ3v) is 4.85. The van der Waals surface area contributed by atoms with Gasteiger partial charge in [-0.1, -0.05) is 0 Å². The summed E-state index contributed by atoms with van der Waals surface area (Å²) in [6.07, 6.45) is -0.829. The number of carbonyl (C=O) groups excluding carboxylic acids is 1. The van der Waals surface area contributed by atoms with Gasteiger partial charge in [0.25, 0.3) is 0 Å². The zero-order valence-electron chi connectivity index (χ0n) is 17.7. The lowest BCUT2D eigenvalue weighted by Gasteiger charge is -2.34. The molecule has 1 aliphatic rings. The van der Waals surface area contributed by atoms with Crippen molar-refractivity contribution in [1.29, 1.82) is 0 Å². The number of amides is 1. The second-order valence-electron chi connectivity index (χ2n) is 8.35. The molecule has 3 rings (SSSR count). The lowest BCUT2D eigenvalue weighted by molar-refractivity contribution is -0.113. The van der Waals surface area contributed by atoms with Crippen LogP contribution in [-0.2, 0) is 9.47 Å². The summed E-state index contributed by atoms with van der Waals surface area (Å²) in [5, 5.41) is 24.3. The largest absolute Gasteiger partial charge is 0.481 e. The molecular weight excluding hydrogens is 390 g/mol. The van der Waals surface area contributed by atoms with Crippen LogP contribution >= 0.6 is 0 Å². The van der Waals surface area contributed by atoms with E-state index in [4.69, 9.17) is 14.2 Å². The van der Waals surface area contributed by atoms with Crippen LogP contribution in [0.3, 0.4) is 0 Å². The highest BCUT2D eigenvalue weighted by atomic mass is 16.6. The van der Waals surface area contributed by atoms with Gasteiger partial charge < -0.3 is 29.7 Å². The highest BCUT2D eigenvalue weighted by molar-refractivity contribution is 5.78. The first-order valence-corrected chi connectivity index (χ1v) is 9.95. The third kappa shape index (κ3) is 5.35. The number of methoxy groups -OCH3 is 1. The maximum Gasteiger partial charge on any atom is 0.407 e. The zero-order valence-corrected chi connectivity index (χ0v) is 17.7. The lowest BCUT2D eigenvalue weighted by Crippen LogP contribution is -2.47. The molecule has 0 bridgehead atoms. The van der Waals surface area contributed by atoms with Crippen LogP contribution in [-0.4, -0.2) is 63.8 Å². The first kappa shape index (κ1) is 22.2. The van der Waals surface area contributed by atoms with Crippen LogP contribution in [0.1, 0.15) is 45.3 Å². The van der Waals surface area contributed by atoms with Crippen molar-refractivity contribution in [3.63, 3.8) is 0 Å². The molecule has 1 fully saturated rings. The second kappa shape index (κ2) is 9.11. The fourth-order valence-electron chi connectivity index (χ4n) is 3.40. The Hall–Kier alpha value is -2.49. The number of nitrogens with zero attached hydrogens (tertiary/aromatic N) is 2. The molecule has 0 aromatic carbocycles. The van der Waals surface area contributed by atoms with Crippen molar-refractivity contribution in [3.05, 3.63) is 30.0 Å². The van der Waals surface area contributed by atoms with Crippen molar-refractivity contribution in [1.82, 2.24) is 15.3 Å². The first-order valence-electron chi connectivity index (χ1n) is 9.95. The molecule has 9 heteroatoms. The number of aromatic nitrogens is 2. The van der Waals surface area contributed by atoms with Crippen LogP contribution in [0.25, 0.3) is 11.0 Å². The number of carbonyl (C=O) groups is 1. The summed E-state index contributed by atoms with van der Waals surface area (Å²) < 4.78 is 16.1. The van der Waals surface area contributed by atoms with Gasteiger partial charge in [-0.25, -0.2) is 9.78 Å². The van der Waals surface area contributed by atoms with Gasteiger partial charge in [-0.05, 0) is 45.7 Å². The first-order chi connectivity index (χ1) is 14.2. The number of hydrogen-bond donors (Lipinski definition) is 3. The quantitative estimate of drug-likeness (QED) is 0.673. The van der Waals surface area contributed by atoms with Crippen molar-refractivity contribution in [3.8, 4) is 5.88 Å². The lowest BCUT2D eigenvalue weighted by atomic mass is 9.94. The number of pyridine rings is 2. The molecular formula is C21H29N3O6. The van der Waals surface area contributed by atoms with Crippen molar-refractivity contribution >= 4 is 17.1 Å². The SMILES string of the molecule is COc1ccc2nccc([C@H](O)[C@H](O)[C@@H]3CC[C@@H](NC(=O)OC(C)(C)C)CO3)c2n1. The van der Waals surface area contributed by atoms with Gasteiger partial charge in [0, 0.05) is 17.8 Å². The molecule has 0 unspecified atom stereocenters. The molecule has 1 saturated heterocycles. The van der Waals surface area contributed by atoms with Crippen LogP contribution in [0.4, 0.5) is 4.79 Å². The second-order valence-corrected chi connectivity index (χ2v) is 8.35. The van der Waals surface area contributed by atoms with Crippen LogP contribution in [0, 0.1) is 0 Å². The summed E-state index contributed by atoms with van der Waals surface area (Å²) in [5.74, 6) is 0.392. The predicted octanol–water partition coefficient (Wildman–Crippen LogP) is 2.10. The Balaban J connectivity index is 1.63. The Labute approximate surface area is 175 Å². The van der Waals surface area contributed by atoms with Gasteiger partial charge in [0.1, 0.15) is 17.8 Å². The van der Waals surface area contributed by atoms with E-state index in [0.29, 0.717) is 35.3 Å². The molecule has 0 radical (unpaired) electrons. The third-order valence-electron chi connectivity index (χ3n) is 4.85. The van der Waals surface area contributed by atoms with E-state index in [1.165, 1.54) is 7.11 Å². The highest BCUT2D eigenvalue weighted by Gasteiger charge is 2.34. The maximum atomic E-state index is 11.9. The monoisotopic (exact) mass is 419 g/mol. The number of hydrogen-bond acceptors (Lipinski definition) is 8. The van der Waals surface area contributed by atoms with E-state index >= 15 is 0 Å². The molecule has 164 valence electrons. The van der Waals surface area contributed by atoms with Gasteiger partial charge in [-0.15, -0.1) is 0 Å². The fourth-order valence-corrected chi connectivity index (χ4v) is 3.40. The summed E-state index contributed by atoms with van der Waals surface area (Å²) in [6, 6.07) is 4.84. The summed E-state index contributed by atoms with van der Waals surface area (Å²) in [6.45, 7) is 5.61. The molecule has 2 aromatic rings.